The number of likely N-dealkylation sites (N-methyl/N-ethyl adjacent to an activating group) is 1. The number of hydrogen-bond acceptors (Lipinski definition) is 3. The number of nitrogens with one attached hydrogen (secondary N) is 1. The average Bonchev–Trinajstić information content (AvgIpc) is 2.41. The molecule has 0 aromatic heterocycles. The van der Waals surface area contributed by atoms with Crippen molar-refractivity contribution in [2.45, 2.75) is 17.7 Å². The quantitative estimate of drug-likeness (QED) is 0.915. The standard InChI is InChI=1S/C13H17ClFNS2/c1-16-11(12-8-17-5-6-18-12)7-9-3-2-4-10(15)13(9)14/h2-4,11-12,16H,5-8H2,1H3. The van der Waals surface area contributed by atoms with Gasteiger partial charge in [-0.25, -0.2) is 4.39 Å². The molecule has 100 valence electrons. The maximum atomic E-state index is 13.4. The Balaban J connectivity index is 2.07. The zero-order valence-electron chi connectivity index (χ0n) is 10.3. The van der Waals surface area contributed by atoms with E-state index in [9.17, 15) is 4.39 Å². The van der Waals surface area contributed by atoms with Gasteiger partial charge in [-0.15, -0.1) is 0 Å². The molecule has 1 saturated heterocycles. The summed E-state index contributed by atoms with van der Waals surface area (Å²) in [6.45, 7) is 0. The highest BCUT2D eigenvalue weighted by Gasteiger charge is 2.24. The van der Waals surface area contributed by atoms with Gasteiger partial charge in [0.1, 0.15) is 5.82 Å². The number of rotatable bonds is 4. The van der Waals surface area contributed by atoms with E-state index in [1.165, 1.54) is 17.6 Å². The zero-order chi connectivity index (χ0) is 13.0. The predicted molar refractivity (Wildman–Crippen MR) is 81.5 cm³/mol. The Labute approximate surface area is 121 Å². The zero-order valence-corrected chi connectivity index (χ0v) is 12.7. The van der Waals surface area contributed by atoms with Crippen molar-refractivity contribution in [3.8, 4) is 0 Å². The molecule has 2 unspecified atom stereocenters. The van der Waals surface area contributed by atoms with Gasteiger partial charge in [-0.3, -0.25) is 0 Å². The summed E-state index contributed by atoms with van der Waals surface area (Å²) >= 11 is 10.0. The van der Waals surface area contributed by atoms with Crippen LogP contribution in [0.2, 0.25) is 5.02 Å². The van der Waals surface area contributed by atoms with E-state index in [1.54, 1.807) is 6.07 Å². The van der Waals surface area contributed by atoms with Gasteiger partial charge >= 0.3 is 0 Å². The molecule has 0 radical (unpaired) electrons. The van der Waals surface area contributed by atoms with Crippen LogP contribution < -0.4 is 5.32 Å². The van der Waals surface area contributed by atoms with Crippen LogP contribution >= 0.6 is 35.1 Å². The maximum absolute atomic E-state index is 13.4. The summed E-state index contributed by atoms with van der Waals surface area (Å²) in [4.78, 5) is 0. The van der Waals surface area contributed by atoms with Crippen molar-refractivity contribution < 1.29 is 4.39 Å². The summed E-state index contributed by atoms with van der Waals surface area (Å²) < 4.78 is 13.4. The first-order valence-electron chi connectivity index (χ1n) is 6.02. The molecule has 1 nitrogen and oxygen atoms in total. The molecular weight excluding hydrogens is 289 g/mol. The molecule has 0 aliphatic carbocycles. The van der Waals surface area contributed by atoms with Gasteiger partial charge in [0.2, 0.25) is 0 Å². The SMILES string of the molecule is CNC(Cc1cccc(F)c1Cl)C1CSCCS1. The maximum Gasteiger partial charge on any atom is 0.142 e. The molecule has 5 heteroatoms. The van der Waals surface area contributed by atoms with Crippen molar-refractivity contribution in [2.24, 2.45) is 0 Å². The van der Waals surface area contributed by atoms with E-state index in [2.05, 4.69) is 5.32 Å². The minimum atomic E-state index is -0.324. The van der Waals surface area contributed by atoms with Crippen molar-refractivity contribution in [3.63, 3.8) is 0 Å². The summed E-state index contributed by atoms with van der Waals surface area (Å²) in [5.41, 5.74) is 0.896. The molecule has 0 spiro atoms. The van der Waals surface area contributed by atoms with Crippen molar-refractivity contribution >= 4 is 35.1 Å². The summed E-state index contributed by atoms with van der Waals surface area (Å²) in [7, 11) is 1.97. The molecule has 1 aliphatic rings. The third-order valence-electron chi connectivity index (χ3n) is 3.13. The first kappa shape index (κ1) is 14.5. The molecule has 18 heavy (non-hydrogen) atoms. The van der Waals surface area contributed by atoms with Crippen LogP contribution in [0.5, 0.6) is 0 Å². The Kier molecular flexibility index (Phi) is 5.67. The number of halogens is 2. The third kappa shape index (κ3) is 3.56. The smallest absolute Gasteiger partial charge is 0.142 e. The van der Waals surface area contributed by atoms with Gasteiger partial charge in [-0.1, -0.05) is 23.7 Å². The monoisotopic (exact) mass is 305 g/mol. The molecule has 1 aromatic carbocycles. The Morgan fingerprint density at radius 3 is 3.00 bits per heavy atom. The molecule has 2 rings (SSSR count). The number of thioether (sulfide) groups is 2. The van der Waals surface area contributed by atoms with Crippen molar-refractivity contribution in [3.05, 3.63) is 34.6 Å². The van der Waals surface area contributed by atoms with E-state index < -0.39 is 0 Å². The average molecular weight is 306 g/mol. The fraction of sp³-hybridized carbons (Fsp3) is 0.538. The summed E-state index contributed by atoms with van der Waals surface area (Å²) in [5, 5.41) is 4.20. The Morgan fingerprint density at radius 2 is 2.33 bits per heavy atom. The topological polar surface area (TPSA) is 12.0 Å². The minimum Gasteiger partial charge on any atom is -0.316 e. The second-order valence-corrected chi connectivity index (χ2v) is 7.17. The van der Waals surface area contributed by atoms with Gasteiger partial charge in [-0.2, -0.15) is 23.5 Å². The molecule has 1 fully saturated rings. The van der Waals surface area contributed by atoms with Crippen molar-refractivity contribution in [1.82, 2.24) is 5.32 Å². The normalized spacial score (nSPS) is 21.8. The molecule has 0 bridgehead atoms. The lowest BCUT2D eigenvalue weighted by molar-refractivity contribution is 0.553. The van der Waals surface area contributed by atoms with Crippen LogP contribution in [0, 0.1) is 5.82 Å². The second-order valence-electron chi connectivity index (χ2n) is 4.30. The van der Waals surface area contributed by atoms with Gasteiger partial charge in [0.25, 0.3) is 0 Å². The van der Waals surface area contributed by atoms with Crippen LogP contribution in [0.1, 0.15) is 5.56 Å². The summed E-state index contributed by atoms with van der Waals surface area (Å²) in [5.74, 6) is 3.26. The van der Waals surface area contributed by atoms with E-state index in [-0.39, 0.29) is 10.8 Å². The van der Waals surface area contributed by atoms with Gasteiger partial charge in [0.15, 0.2) is 0 Å². The van der Waals surface area contributed by atoms with E-state index in [0.717, 1.165) is 17.7 Å². The summed E-state index contributed by atoms with van der Waals surface area (Å²) in [6, 6.07) is 5.40. The predicted octanol–water partition coefficient (Wildman–Crippen LogP) is 3.46. The van der Waals surface area contributed by atoms with Crippen LogP contribution in [0.4, 0.5) is 4.39 Å². The minimum absolute atomic E-state index is 0.270. The van der Waals surface area contributed by atoms with Crippen LogP contribution in [-0.4, -0.2) is 35.6 Å². The van der Waals surface area contributed by atoms with E-state index in [0.29, 0.717) is 11.3 Å². The lowest BCUT2D eigenvalue weighted by Crippen LogP contribution is -2.40. The third-order valence-corrected chi connectivity index (χ3v) is 6.48. The highest BCUT2D eigenvalue weighted by molar-refractivity contribution is 8.06. The molecule has 1 heterocycles. The van der Waals surface area contributed by atoms with Crippen LogP contribution in [-0.2, 0) is 6.42 Å². The first-order chi connectivity index (χ1) is 8.72. The van der Waals surface area contributed by atoms with E-state index >= 15 is 0 Å². The van der Waals surface area contributed by atoms with Crippen molar-refractivity contribution in [2.75, 3.05) is 24.3 Å². The fourth-order valence-electron chi connectivity index (χ4n) is 2.10. The van der Waals surface area contributed by atoms with Gasteiger partial charge < -0.3 is 5.32 Å². The molecule has 1 aromatic rings. The number of hydrogen-bond donors (Lipinski definition) is 1. The lowest BCUT2D eigenvalue weighted by atomic mass is 10.0. The fourth-order valence-corrected chi connectivity index (χ4v) is 5.23. The molecule has 0 amide bonds. The highest BCUT2D eigenvalue weighted by Crippen LogP contribution is 2.29. The highest BCUT2D eigenvalue weighted by atomic mass is 35.5. The Bertz CT molecular complexity index is 397. The van der Waals surface area contributed by atoms with Gasteiger partial charge in [0, 0.05) is 28.6 Å². The Hall–Kier alpha value is 0.1000. The lowest BCUT2D eigenvalue weighted by Gasteiger charge is -2.29. The van der Waals surface area contributed by atoms with Crippen molar-refractivity contribution in [1.29, 1.82) is 0 Å². The van der Waals surface area contributed by atoms with Crippen LogP contribution in [0.25, 0.3) is 0 Å². The van der Waals surface area contributed by atoms with Crippen LogP contribution in [0.3, 0.4) is 0 Å². The summed E-state index contributed by atoms with van der Waals surface area (Å²) in [6.07, 6.45) is 0.783. The molecule has 0 saturated carbocycles. The van der Waals surface area contributed by atoms with E-state index in [4.69, 9.17) is 11.6 Å². The molecule has 2 atom stereocenters. The molecule has 1 N–H and O–H groups in total. The molecule has 1 aliphatic heterocycles. The van der Waals surface area contributed by atoms with Gasteiger partial charge in [0.05, 0.1) is 5.02 Å². The second kappa shape index (κ2) is 7.04. The largest absolute Gasteiger partial charge is 0.316 e. The first-order valence-corrected chi connectivity index (χ1v) is 8.60. The molecular formula is C13H17ClFNS2. The van der Waals surface area contributed by atoms with Gasteiger partial charge in [-0.05, 0) is 25.1 Å². The number of benzene rings is 1. The van der Waals surface area contributed by atoms with E-state index in [1.807, 2.05) is 36.6 Å². The van der Waals surface area contributed by atoms with Crippen LogP contribution in [0.15, 0.2) is 18.2 Å². The Morgan fingerprint density at radius 1 is 1.50 bits per heavy atom.